The molecule has 0 saturated carbocycles. The molecule has 10 heavy (non-hydrogen) atoms. The van der Waals surface area contributed by atoms with Crippen LogP contribution in [0.2, 0.25) is 0 Å². The van der Waals surface area contributed by atoms with Crippen LogP contribution >= 0.6 is 0 Å². The Morgan fingerprint density at radius 3 is 3.40 bits per heavy atom. The second kappa shape index (κ2) is 2.10. The van der Waals surface area contributed by atoms with Crippen LogP contribution in [0.3, 0.4) is 0 Å². The van der Waals surface area contributed by atoms with E-state index in [9.17, 15) is 0 Å². The van der Waals surface area contributed by atoms with Gasteiger partial charge in [-0.25, -0.2) is 4.99 Å². The van der Waals surface area contributed by atoms with Gasteiger partial charge in [-0.2, -0.15) is 0 Å². The molecule has 50 valence electrons. The number of aliphatic imine (C=N–C) groups is 2. The molecule has 0 radical (unpaired) electrons. The van der Waals surface area contributed by atoms with Gasteiger partial charge in [0.05, 0.1) is 0 Å². The average Bonchev–Trinajstić information content (AvgIpc) is 2.28. The fourth-order valence-corrected chi connectivity index (χ4v) is 0.922. The fraction of sp³-hybridized carbons (Fsp3) is 0.143. The van der Waals surface area contributed by atoms with Crippen molar-refractivity contribution < 1.29 is 0 Å². The van der Waals surface area contributed by atoms with Crippen LogP contribution in [0.5, 0.6) is 0 Å². The van der Waals surface area contributed by atoms with Gasteiger partial charge >= 0.3 is 0 Å². The lowest BCUT2D eigenvalue weighted by Gasteiger charge is -1.92. The summed E-state index contributed by atoms with van der Waals surface area (Å²) in [5, 5.41) is 3.04. The average molecular weight is 133 g/mol. The Kier molecular flexibility index (Phi) is 1.13. The Bertz CT molecular complexity index is 258. The number of hydrogen-bond acceptors (Lipinski definition) is 3. The van der Waals surface area contributed by atoms with E-state index >= 15 is 0 Å². The zero-order valence-corrected chi connectivity index (χ0v) is 5.41. The summed E-state index contributed by atoms with van der Waals surface area (Å²) in [4.78, 5) is 8.28. The summed E-state index contributed by atoms with van der Waals surface area (Å²) >= 11 is 0. The van der Waals surface area contributed by atoms with Gasteiger partial charge in [0.25, 0.3) is 0 Å². The third-order valence-corrected chi connectivity index (χ3v) is 1.39. The first-order chi connectivity index (χ1) is 4.97. The lowest BCUT2D eigenvalue weighted by molar-refractivity contribution is 0.971. The first kappa shape index (κ1) is 5.41. The molecule has 0 amide bonds. The summed E-state index contributed by atoms with van der Waals surface area (Å²) in [6.45, 7) is 0.659. The maximum absolute atomic E-state index is 4.17. The Hall–Kier alpha value is -1.38. The predicted molar refractivity (Wildman–Crippen MR) is 41.2 cm³/mol. The number of fused-ring (bicyclic) bond motifs is 1. The van der Waals surface area contributed by atoms with Crippen LogP contribution in [0.4, 0.5) is 0 Å². The van der Waals surface area contributed by atoms with Crippen molar-refractivity contribution in [2.75, 3.05) is 6.67 Å². The molecule has 0 saturated heterocycles. The van der Waals surface area contributed by atoms with Crippen LogP contribution in [0.1, 0.15) is 0 Å². The van der Waals surface area contributed by atoms with E-state index in [-0.39, 0.29) is 0 Å². The van der Waals surface area contributed by atoms with Gasteiger partial charge in [0.15, 0.2) is 5.84 Å². The van der Waals surface area contributed by atoms with E-state index in [1.165, 1.54) is 0 Å². The van der Waals surface area contributed by atoms with E-state index in [4.69, 9.17) is 0 Å². The zero-order valence-electron chi connectivity index (χ0n) is 5.41. The Morgan fingerprint density at radius 2 is 2.40 bits per heavy atom. The smallest absolute Gasteiger partial charge is 0.152 e. The lowest BCUT2D eigenvalue weighted by Crippen LogP contribution is -2.21. The van der Waals surface area contributed by atoms with E-state index < -0.39 is 0 Å². The molecule has 3 nitrogen and oxygen atoms in total. The van der Waals surface area contributed by atoms with Crippen LogP contribution in [-0.2, 0) is 0 Å². The SMILES string of the molecule is C1=CN=C2NCN=C2C=C1. The van der Waals surface area contributed by atoms with E-state index in [1.807, 2.05) is 18.2 Å². The maximum atomic E-state index is 4.17. The molecule has 0 spiro atoms. The summed E-state index contributed by atoms with van der Waals surface area (Å²) in [5.74, 6) is 0.880. The molecule has 2 aliphatic rings. The molecule has 0 bridgehead atoms. The summed E-state index contributed by atoms with van der Waals surface area (Å²) in [5.41, 5.74) is 0.949. The maximum Gasteiger partial charge on any atom is 0.152 e. The van der Waals surface area contributed by atoms with Crippen molar-refractivity contribution in [1.82, 2.24) is 5.32 Å². The van der Waals surface area contributed by atoms with Gasteiger partial charge in [-0.3, -0.25) is 4.99 Å². The van der Waals surface area contributed by atoms with Crippen LogP contribution in [0.15, 0.2) is 34.4 Å². The van der Waals surface area contributed by atoms with Crippen molar-refractivity contribution in [3.8, 4) is 0 Å². The fourth-order valence-electron chi connectivity index (χ4n) is 0.922. The molecule has 0 aliphatic carbocycles. The van der Waals surface area contributed by atoms with Crippen molar-refractivity contribution >= 4 is 11.5 Å². The van der Waals surface area contributed by atoms with Crippen LogP contribution < -0.4 is 5.32 Å². The van der Waals surface area contributed by atoms with Gasteiger partial charge in [0, 0.05) is 6.20 Å². The van der Waals surface area contributed by atoms with Crippen molar-refractivity contribution in [2.24, 2.45) is 9.98 Å². The molecule has 0 atom stereocenters. The number of amidine groups is 1. The molecule has 3 heteroatoms. The van der Waals surface area contributed by atoms with Crippen molar-refractivity contribution in [1.29, 1.82) is 0 Å². The molecule has 1 N–H and O–H groups in total. The molecular formula is C7H7N3. The molecular weight excluding hydrogens is 126 g/mol. The molecule has 2 aliphatic heterocycles. The summed E-state index contributed by atoms with van der Waals surface area (Å²) in [6.07, 6.45) is 7.52. The highest BCUT2D eigenvalue weighted by atomic mass is 15.1. The van der Waals surface area contributed by atoms with Gasteiger partial charge in [0.2, 0.25) is 0 Å². The summed E-state index contributed by atoms with van der Waals surface area (Å²) in [6, 6.07) is 0. The van der Waals surface area contributed by atoms with E-state index in [0.717, 1.165) is 11.5 Å². The minimum absolute atomic E-state index is 0.659. The summed E-state index contributed by atoms with van der Waals surface area (Å²) < 4.78 is 0. The topological polar surface area (TPSA) is 36.8 Å². The highest BCUT2D eigenvalue weighted by Crippen LogP contribution is 1.97. The van der Waals surface area contributed by atoms with Crippen LogP contribution in [0.25, 0.3) is 0 Å². The van der Waals surface area contributed by atoms with Gasteiger partial charge in [-0.1, -0.05) is 6.08 Å². The minimum Gasteiger partial charge on any atom is -0.349 e. The number of allylic oxidation sites excluding steroid dienone is 2. The molecule has 0 aromatic heterocycles. The van der Waals surface area contributed by atoms with Crippen molar-refractivity contribution in [3.05, 3.63) is 24.4 Å². The van der Waals surface area contributed by atoms with Gasteiger partial charge in [0.1, 0.15) is 12.4 Å². The zero-order chi connectivity index (χ0) is 6.81. The van der Waals surface area contributed by atoms with E-state index in [1.54, 1.807) is 6.20 Å². The predicted octanol–water partition coefficient (Wildman–Crippen LogP) is 0.470. The third kappa shape index (κ3) is 0.757. The van der Waals surface area contributed by atoms with Crippen molar-refractivity contribution in [2.45, 2.75) is 0 Å². The normalized spacial score (nSPS) is 20.8. The molecule has 0 aromatic carbocycles. The third-order valence-electron chi connectivity index (χ3n) is 1.39. The number of nitrogens with one attached hydrogen (secondary N) is 1. The van der Waals surface area contributed by atoms with Crippen molar-refractivity contribution in [3.63, 3.8) is 0 Å². The first-order valence-corrected chi connectivity index (χ1v) is 3.16. The number of hydrogen-bond donors (Lipinski definition) is 1. The highest BCUT2D eigenvalue weighted by molar-refractivity contribution is 6.47. The van der Waals surface area contributed by atoms with Gasteiger partial charge in [-0.05, 0) is 12.2 Å². The van der Waals surface area contributed by atoms with Crippen LogP contribution in [0, 0.1) is 0 Å². The molecule has 0 unspecified atom stereocenters. The second-order valence-corrected chi connectivity index (χ2v) is 2.06. The number of nitrogens with zero attached hydrogens (tertiary/aromatic N) is 2. The summed E-state index contributed by atoms with van der Waals surface area (Å²) in [7, 11) is 0. The quantitative estimate of drug-likeness (QED) is 0.512. The standard InChI is InChI=1S/C7H7N3/c1-2-4-8-7-6(3-1)9-5-10-7/h1-4H,5H2,(H,8,10). The van der Waals surface area contributed by atoms with Gasteiger partial charge < -0.3 is 5.32 Å². The molecule has 2 rings (SSSR count). The number of rotatable bonds is 0. The Balaban J connectivity index is 2.42. The molecule has 2 heterocycles. The molecule has 0 aromatic rings. The second-order valence-electron chi connectivity index (χ2n) is 2.06. The van der Waals surface area contributed by atoms with Crippen LogP contribution in [-0.4, -0.2) is 18.2 Å². The largest absolute Gasteiger partial charge is 0.349 e. The Labute approximate surface area is 58.9 Å². The van der Waals surface area contributed by atoms with E-state index in [2.05, 4.69) is 15.3 Å². The minimum atomic E-state index is 0.659. The van der Waals surface area contributed by atoms with E-state index in [0.29, 0.717) is 6.67 Å². The molecule has 0 fully saturated rings. The first-order valence-electron chi connectivity index (χ1n) is 3.16. The van der Waals surface area contributed by atoms with Gasteiger partial charge in [-0.15, -0.1) is 0 Å². The highest BCUT2D eigenvalue weighted by Gasteiger charge is 2.10. The monoisotopic (exact) mass is 133 g/mol. The lowest BCUT2D eigenvalue weighted by atomic mass is 10.3. The Morgan fingerprint density at radius 1 is 1.40 bits per heavy atom.